The lowest BCUT2D eigenvalue weighted by molar-refractivity contribution is 0.0922. The van der Waals surface area contributed by atoms with E-state index in [1.807, 2.05) is 42.5 Å². The van der Waals surface area contributed by atoms with Crippen molar-refractivity contribution in [2.24, 2.45) is 0 Å². The molecule has 0 bridgehead atoms. The largest absolute Gasteiger partial charge is 0.490 e. The number of hydrogen-bond acceptors (Lipinski definition) is 4. The normalized spacial score (nSPS) is 12.4. The Labute approximate surface area is 170 Å². The van der Waals surface area contributed by atoms with Gasteiger partial charge >= 0.3 is 0 Å². The average Bonchev–Trinajstić information content (AvgIpc) is 2.69. The maximum atomic E-state index is 12.7. The number of ether oxygens (including phenoxy) is 1. The molecule has 1 aromatic heterocycles. The Balaban J connectivity index is 1.53. The first-order valence-electron chi connectivity index (χ1n) is 8.66. The molecule has 1 N–H and O–H groups in total. The Morgan fingerprint density at radius 3 is 2.71 bits per heavy atom. The smallest absolute Gasteiger partial charge is 0.261 e. The van der Waals surface area contributed by atoms with Crippen molar-refractivity contribution >= 4 is 44.9 Å². The summed E-state index contributed by atoms with van der Waals surface area (Å²) >= 11 is 12.1. The van der Waals surface area contributed by atoms with E-state index in [2.05, 4.69) is 4.98 Å². The molecule has 3 aromatic carbocycles. The zero-order valence-corrected chi connectivity index (χ0v) is 16.2. The van der Waals surface area contributed by atoms with E-state index in [-0.39, 0.29) is 18.7 Å². The molecule has 0 saturated carbocycles. The van der Waals surface area contributed by atoms with Crippen LogP contribution in [0.5, 0.6) is 5.75 Å². The molecule has 7 heteroatoms. The van der Waals surface area contributed by atoms with Crippen LogP contribution in [0.1, 0.15) is 0 Å². The molecule has 142 valence electrons. The third-order valence-corrected chi connectivity index (χ3v) is 4.94. The number of aliphatic hydroxyl groups excluding tert-OH is 1. The van der Waals surface area contributed by atoms with Crippen LogP contribution in [-0.2, 0) is 6.54 Å². The van der Waals surface area contributed by atoms with Crippen LogP contribution >= 0.6 is 23.2 Å². The predicted molar refractivity (Wildman–Crippen MR) is 111 cm³/mol. The minimum atomic E-state index is -0.898. The zero-order valence-electron chi connectivity index (χ0n) is 14.7. The van der Waals surface area contributed by atoms with E-state index in [1.165, 1.54) is 23.0 Å². The summed E-state index contributed by atoms with van der Waals surface area (Å²) < 4.78 is 7.12. The van der Waals surface area contributed by atoms with Crippen LogP contribution in [0.4, 0.5) is 0 Å². The van der Waals surface area contributed by atoms with Crippen molar-refractivity contribution in [3.8, 4) is 5.75 Å². The summed E-state index contributed by atoms with van der Waals surface area (Å²) in [6.07, 6.45) is 0.469. The molecule has 0 aliphatic heterocycles. The highest BCUT2D eigenvalue weighted by molar-refractivity contribution is 6.38. The van der Waals surface area contributed by atoms with Crippen LogP contribution in [-0.4, -0.2) is 27.4 Å². The van der Waals surface area contributed by atoms with Crippen molar-refractivity contribution < 1.29 is 9.84 Å². The summed E-state index contributed by atoms with van der Waals surface area (Å²) in [7, 11) is 0. The van der Waals surface area contributed by atoms with E-state index in [4.69, 9.17) is 27.9 Å². The maximum Gasteiger partial charge on any atom is 0.261 e. The second-order valence-corrected chi connectivity index (χ2v) is 7.27. The first kappa shape index (κ1) is 18.7. The van der Waals surface area contributed by atoms with E-state index in [9.17, 15) is 9.90 Å². The van der Waals surface area contributed by atoms with Crippen LogP contribution < -0.4 is 10.3 Å². The quantitative estimate of drug-likeness (QED) is 0.528. The number of nitrogens with zero attached hydrogens (tertiary/aromatic N) is 2. The van der Waals surface area contributed by atoms with Gasteiger partial charge in [-0.05, 0) is 23.6 Å². The van der Waals surface area contributed by atoms with Gasteiger partial charge < -0.3 is 9.84 Å². The SMILES string of the molecule is O=c1c2cc(Cl)cc(Cl)c2ncn1CC(O)COc1cccc2ccccc12. The average molecular weight is 415 g/mol. The highest BCUT2D eigenvalue weighted by Crippen LogP contribution is 2.26. The van der Waals surface area contributed by atoms with Crippen molar-refractivity contribution in [1.29, 1.82) is 0 Å². The molecule has 0 saturated heterocycles. The molecular weight excluding hydrogens is 399 g/mol. The van der Waals surface area contributed by atoms with Gasteiger partial charge in [-0.3, -0.25) is 9.36 Å². The monoisotopic (exact) mass is 414 g/mol. The predicted octanol–water partition coefficient (Wildman–Crippen LogP) is 4.30. The number of rotatable bonds is 5. The minimum Gasteiger partial charge on any atom is -0.490 e. The van der Waals surface area contributed by atoms with Gasteiger partial charge in [-0.1, -0.05) is 59.6 Å². The number of fused-ring (bicyclic) bond motifs is 2. The fourth-order valence-corrected chi connectivity index (χ4v) is 3.65. The minimum absolute atomic E-state index is 0.0365. The van der Waals surface area contributed by atoms with Crippen LogP contribution in [0.3, 0.4) is 0 Å². The molecule has 0 spiro atoms. The maximum absolute atomic E-state index is 12.7. The summed E-state index contributed by atoms with van der Waals surface area (Å²) in [6, 6.07) is 16.6. The summed E-state index contributed by atoms with van der Waals surface area (Å²) in [5.41, 5.74) is 0.0624. The third-order valence-electron chi connectivity index (χ3n) is 4.43. The Hall–Kier alpha value is -2.60. The van der Waals surface area contributed by atoms with E-state index >= 15 is 0 Å². The van der Waals surface area contributed by atoms with Gasteiger partial charge in [0.15, 0.2) is 0 Å². The Bertz CT molecular complexity index is 1220. The van der Waals surface area contributed by atoms with Crippen LogP contribution in [0.2, 0.25) is 10.0 Å². The fourth-order valence-electron chi connectivity index (χ4n) is 3.11. The molecule has 0 fully saturated rings. The molecule has 4 aromatic rings. The van der Waals surface area contributed by atoms with Crippen LogP contribution in [0, 0.1) is 0 Å². The molecule has 1 unspecified atom stereocenters. The number of halogens is 2. The molecule has 0 radical (unpaired) electrons. The van der Waals surface area contributed by atoms with E-state index in [1.54, 1.807) is 0 Å². The van der Waals surface area contributed by atoms with Crippen molar-refractivity contribution in [1.82, 2.24) is 9.55 Å². The molecule has 5 nitrogen and oxygen atoms in total. The first-order valence-corrected chi connectivity index (χ1v) is 9.41. The molecule has 0 aliphatic rings. The molecule has 28 heavy (non-hydrogen) atoms. The van der Waals surface area contributed by atoms with Gasteiger partial charge in [0, 0.05) is 10.4 Å². The lowest BCUT2D eigenvalue weighted by Crippen LogP contribution is -2.30. The van der Waals surface area contributed by atoms with Gasteiger partial charge in [0.1, 0.15) is 18.5 Å². The third kappa shape index (κ3) is 3.69. The van der Waals surface area contributed by atoms with Crippen molar-refractivity contribution in [3.05, 3.63) is 81.3 Å². The van der Waals surface area contributed by atoms with Crippen molar-refractivity contribution in [2.75, 3.05) is 6.61 Å². The van der Waals surface area contributed by atoms with Gasteiger partial charge in [0.25, 0.3) is 5.56 Å². The molecule has 1 heterocycles. The molecule has 0 amide bonds. The lowest BCUT2D eigenvalue weighted by atomic mass is 10.1. The number of hydrogen-bond donors (Lipinski definition) is 1. The summed E-state index contributed by atoms with van der Waals surface area (Å²) in [6.45, 7) is 0.0749. The first-order chi connectivity index (χ1) is 13.5. The lowest BCUT2D eigenvalue weighted by Gasteiger charge is -2.15. The highest BCUT2D eigenvalue weighted by Gasteiger charge is 2.13. The van der Waals surface area contributed by atoms with Gasteiger partial charge in [0.2, 0.25) is 0 Å². The second kappa shape index (κ2) is 7.80. The zero-order chi connectivity index (χ0) is 19.7. The number of aliphatic hydroxyl groups is 1. The van der Waals surface area contributed by atoms with E-state index in [0.717, 1.165) is 10.8 Å². The van der Waals surface area contributed by atoms with Crippen molar-refractivity contribution in [3.63, 3.8) is 0 Å². The Morgan fingerprint density at radius 1 is 1.07 bits per heavy atom. The highest BCUT2D eigenvalue weighted by atomic mass is 35.5. The van der Waals surface area contributed by atoms with Gasteiger partial charge in [-0.15, -0.1) is 0 Å². The van der Waals surface area contributed by atoms with Crippen molar-refractivity contribution in [2.45, 2.75) is 12.6 Å². The summed E-state index contributed by atoms with van der Waals surface area (Å²) in [5.74, 6) is 0.680. The fraction of sp³-hybridized carbons (Fsp3) is 0.143. The van der Waals surface area contributed by atoms with Gasteiger partial charge in [-0.2, -0.15) is 0 Å². The number of benzene rings is 3. The topological polar surface area (TPSA) is 64.4 Å². The number of aromatic nitrogens is 2. The molecule has 4 rings (SSSR count). The molecular formula is C21H16Cl2N2O3. The second-order valence-electron chi connectivity index (χ2n) is 6.43. The summed E-state index contributed by atoms with van der Waals surface area (Å²) in [4.78, 5) is 16.9. The van der Waals surface area contributed by atoms with Gasteiger partial charge in [0.05, 0.1) is 28.8 Å². The Morgan fingerprint density at radius 2 is 1.86 bits per heavy atom. The van der Waals surface area contributed by atoms with Crippen LogP contribution in [0.15, 0.2) is 65.7 Å². The van der Waals surface area contributed by atoms with E-state index in [0.29, 0.717) is 26.7 Å². The van der Waals surface area contributed by atoms with Crippen LogP contribution in [0.25, 0.3) is 21.7 Å². The molecule has 1 atom stereocenters. The Kier molecular flexibility index (Phi) is 5.22. The van der Waals surface area contributed by atoms with E-state index < -0.39 is 6.10 Å². The standard InChI is InChI=1S/C21H16Cl2N2O3/c22-14-8-17-20(18(23)9-14)24-12-25(21(17)27)10-15(26)11-28-19-7-3-5-13-4-1-2-6-16(13)19/h1-9,12,15,26H,10-11H2. The summed E-state index contributed by atoms with van der Waals surface area (Å²) in [5, 5.41) is 13.4. The molecule has 0 aliphatic carbocycles. The van der Waals surface area contributed by atoms with Gasteiger partial charge in [-0.25, -0.2) is 4.98 Å².